The van der Waals surface area contributed by atoms with E-state index in [1.807, 2.05) is 4.90 Å². The van der Waals surface area contributed by atoms with Crippen LogP contribution >= 0.6 is 0 Å². The molecule has 1 aromatic carbocycles. The van der Waals surface area contributed by atoms with Crippen LogP contribution in [0.25, 0.3) is 0 Å². The molecule has 116 valence electrons. The van der Waals surface area contributed by atoms with Gasteiger partial charge in [-0.05, 0) is 18.2 Å². The van der Waals surface area contributed by atoms with Crippen molar-refractivity contribution in [1.29, 1.82) is 0 Å². The van der Waals surface area contributed by atoms with Crippen LogP contribution in [0.15, 0.2) is 18.2 Å². The Hall–Kier alpha value is -1.80. The molecule has 1 aromatic rings. The second kappa shape index (κ2) is 5.90. The van der Waals surface area contributed by atoms with Gasteiger partial charge in [0.25, 0.3) is 0 Å². The third-order valence-electron chi connectivity index (χ3n) is 3.47. The van der Waals surface area contributed by atoms with E-state index in [0.29, 0.717) is 43.1 Å². The third kappa shape index (κ3) is 3.45. The average molecular weight is 313 g/mol. The molecule has 2 rings (SSSR count). The molecule has 0 saturated carbocycles. The van der Waals surface area contributed by atoms with Crippen molar-refractivity contribution in [3.05, 3.63) is 23.8 Å². The molecular weight excluding hydrogens is 294 g/mol. The molecule has 2 N–H and O–H groups in total. The Morgan fingerprint density at radius 2 is 1.86 bits per heavy atom. The minimum Gasteiger partial charge on any atom is -0.465 e. The summed E-state index contributed by atoms with van der Waals surface area (Å²) < 4.78 is 29.2. The summed E-state index contributed by atoms with van der Waals surface area (Å²) in [6.45, 7) is 1.82. The van der Waals surface area contributed by atoms with Crippen LogP contribution in [-0.4, -0.2) is 58.2 Å². The van der Waals surface area contributed by atoms with Gasteiger partial charge < -0.3 is 15.4 Å². The van der Waals surface area contributed by atoms with E-state index in [0.717, 1.165) is 0 Å². The Bertz CT molecular complexity index is 637. The zero-order chi connectivity index (χ0) is 15.6. The molecule has 8 heteroatoms. The zero-order valence-corrected chi connectivity index (χ0v) is 12.9. The maximum atomic E-state index is 11.8. The highest BCUT2D eigenvalue weighted by Gasteiger charge is 2.26. The molecule has 7 nitrogen and oxygen atoms in total. The summed E-state index contributed by atoms with van der Waals surface area (Å²) in [7, 11) is -1.86. The second-order valence-electron chi connectivity index (χ2n) is 4.92. The summed E-state index contributed by atoms with van der Waals surface area (Å²) in [5, 5.41) is 0. The van der Waals surface area contributed by atoms with E-state index in [1.54, 1.807) is 18.2 Å². The fraction of sp³-hybridized carbons (Fsp3) is 0.462. The molecule has 0 bridgehead atoms. The largest absolute Gasteiger partial charge is 0.465 e. The van der Waals surface area contributed by atoms with Gasteiger partial charge in [-0.3, -0.25) is 0 Å². The number of hydrogen-bond donors (Lipinski definition) is 1. The topological polar surface area (TPSA) is 92.9 Å². The number of hydrogen-bond acceptors (Lipinski definition) is 6. The van der Waals surface area contributed by atoms with Crippen LogP contribution in [0.4, 0.5) is 11.4 Å². The number of nitrogens with two attached hydrogens (primary N) is 1. The number of nitrogen functional groups attached to an aromatic ring is 1. The van der Waals surface area contributed by atoms with Gasteiger partial charge in [0, 0.05) is 31.9 Å². The summed E-state index contributed by atoms with van der Waals surface area (Å²) in [5.74, 6) is -0.456. The van der Waals surface area contributed by atoms with Gasteiger partial charge in [-0.25, -0.2) is 13.2 Å². The van der Waals surface area contributed by atoms with Crippen LogP contribution in [0.3, 0.4) is 0 Å². The van der Waals surface area contributed by atoms with Crippen LogP contribution in [0.2, 0.25) is 0 Å². The van der Waals surface area contributed by atoms with Gasteiger partial charge in [0.15, 0.2) is 0 Å². The summed E-state index contributed by atoms with van der Waals surface area (Å²) >= 11 is 0. The van der Waals surface area contributed by atoms with Gasteiger partial charge in [-0.15, -0.1) is 0 Å². The van der Waals surface area contributed by atoms with Crippen molar-refractivity contribution in [3.8, 4) is 0 Å². The molecule has 0 amide bonds. The first kappa shape index (κ1) is 15.6. The van der Waals surface area contributed by atoms with Crippen molar-refractivity contribution in [2.75, 3.05) is 50.2 Å². The molecule has 0 radical (unpaired) electrons. The number of benzene rings is 1. The highest BCUT2D eigenvalue weighted by molar-refractivity contribution is 7.88. The number of methoxy groups -OCH3 is 1. The number of nitrogens with zero attached hydrogens (tertiary/aromatic N) is 2. The number of esters is 1. The summed E-state index contributed by atoms with van der Waals surface area (Å²) in [4.78, 5) is 13.8. The highest BCUT2D eigenvalue weighted by Crippen LogP contribution is 2.25. The minimum atomic E-state index is -3.17. The minimum absolute atomic E-state index is 0.393. The predicted octanol–water partition coefficient (Wildman–Crippen LogP) is 0.137. The Labute approximate surface area is 124 Å². The van der Waals surface area contributed by atoms with Crippen LogP contribution in [0.1, 0.15) is 10.4 Å². The Kier molecular flexibility index (Phi) is 4.38. The molecular formula is C13H19N3O4S. The predicted molar refractivity (Wildman–Crippen MR) is 80.8 cm³/mol. The first-order valence-corrected chi connectivity index (χ1v) is 8.35. The molecule has 0 aromatic heterocycles. The van der Waals surface area contributed by atoms with Crippen molar-refractivity contribution in [1.82, 2.24) is 4.31 Å². The molecule has 0 spiro atoms. The van der Waals surface area contributed by atoms with Crippen molar-refractivity contribution in [3.63, 3.8) is 0 Å². The maximum absolute atomic E-state index is 11.8. The van der Waals surface area contributed by atoms with Crippen molar-refractivity contribution in [2.45, 2.75) is 0 Å². The number of carbonyl (C=O) groups is 1. The molecule has 1 fully saturated rings. The quantitative estimate of drug-likeness (QED) is 0.630. The highest BCUT2D eigenvalue weighted by atomic mass is 32.2. The lowest BCUT2D eigenvalue weighted by atomic mass is 10.1. The van der Waals surface area contributed by atoms with E-state index in [4.69, 9.17) is 10.5 Å². The Morgan fingerprint density at radius 3 is 2.38 bits per heavy atom. The lowest BCUT2D eigenvalue weighted by Gasteiger charge is -2.35. The Balaban J connectivity index is 2.22. The number of sulfonamides is 1. The summed E-state index contributed by atoms with van der Waals surface area (Å²) in [5.41, 5.74) is 7.30. The number of anilines is 2. The molecule has 0 aliphatic carbocycles. The van der Waals surface area contributed by atoms with Crippen LogP contribution < -0.4 is 10.6 Å². The number of piperazine rings is 1. The molecule has 21 heavy (non-hydrogen) atoms. The smallest absolute Gasteiger partial charge is 0.340 e. The molecule has 1 aliphatic rings. The first-order chi connectivity index (χ1) is 9.82. The number of ether oxygens (including phenoxy) is 1. The van der Waals surface area contributed by atoms with Gasteiger partial charge in [-0.1, -0.05) is 0 Å². The molecule has 0 unspecified atom stereocenters. The summed E-state index contributed by atoms with van der Waals surface area (Å²) in [6, 6.07) is 5.05. The fourth-order valence-electron chi connectivity index (χ4n) is 2.36. The van der Waals surface area contributed by atoms with E-state index >= 15 is 0 Å². The van der Waals surface area contributed by atoms with Crippen molar-refractivity contribution < 1.29 is 17.9 Å². The van der Waals surface area contributed by atoms with Crippen molar-refractivity contribution >= 4 is 27.4 Å². The van der Waals surface area contributed by atoms with E-state index in [1.165, 1.54) is 17.7 Å². The maximum Gasteiger partial charge on any atom is 0.340 e. The van der Waals surface area contributed by atoms with Gasteiger partial charge >= 0.3 is 5.97 Å². The average Bonchev–Trinajstić information content (AvgIpc) is 2.45. The van der Waals surface area contributed by atoms with Crippen LogP contribution in [0, 0.1) is 0 Å². The fourth-order valence-corrected chi connectivity index (χ4v) is 3.19. The van der Waals surface area contributed by atoms with E-state index in [9.17, 15) is 13.2 Å². The molecule has 1 aliphatic heterocycles. The summed E-state index contributed by atoms with van der Waals surface area (Å²) in [6.07, 6.45) is 1.20. The van der Waals surface area contributed by atoms with E-state index in [-0.39, 0.29) is 0 Å². The molecule has 0 atom stereocenters. The molecule has 1 saturated heterocycles. The third-order valence-corrected chi connectivity index (χ3v) is 4.78. The zero-order valence-electron chi connectivity index (χ0n) is 12.1. The van der Waals surface area contributed by atoms with E-state index < -0.39 is 16.0 Å². The number of carbonyl (C=O) groups excluding carboxylic acids is 1. The first-order valence-electron chi connectivity index (χ1n) is 6.51. The second-order valence-corrected chi connectivity index (χ2v) is 6.90. The van der Waals surface area contributed by atoms with Gasteiger partial charge in [0.1, 0.15) is 0 Å². The van der Waals surface area contributed by atoms with Crippen LogP contribution in [0.5, 0.6) is 0 Å². The Morgan fingerprint density at radius 1 is 1.24 bits per heavy atom. The monoisotopic (exact) mass is 313 g/mol. The van der Waals surface area contributed by atoms with Gasteiger partial charge in [-0.2, -0.15) is 4.31 Å². The van der Waals surface area contributed by atoms with Gasteiger partial charge in [0.2, 0.25) is 10.0 Å². The number of rotatable bonds is 3. The lowest BCUT2D eigenvalue weighted by Crippen LogP contribution is -2.48. The van der Waals surface area contributed by atoms with Gasteiger partial charge in [0.05, 0.1) is 24.6 Å². The SMILES string of the molecule is COC(=O)c1cc(N)ccc1N1CCN(S(C)(=O)=O)CC1. The van der Waals surface area contributed by atoms with Crippen LogP contribution in [-0.2, 0) is 14.8 Å². The standard InChI is InChI=1S/C13H19N3O4S/c1-20-13(17)11-9-10(14)3-4-12(11)15-5-7-16(8-6-15)21(2,18)19/h3-4,9H,5-8,14H2,1-2H3. The normalized spacial score (nSPS) is 16.8. The van der Waals surface area contributed by atoms with Crippen molar-refractivity contribution in [2.24, 2.45) is 0 Å². The van der Waals surface area contributed by atoms with E-state index in [2.05, 4.69) is 0 Å². The lowest BCUT2D eigenvalue weighted by molar-refractivity contribution is 0.0601. The molecule has 1 heterocycles.